The van der Waals surface area contributed by atoms with Crippen molar-refractivity contribution in [3.63, 3.8) is 0 Å². The van der Waals surface area contributed by atoms with Crippen LogP contribution in [-0.4, -0.2) is 23.5 Å². The van der Waals surface area contributed by atoms with Gasteiger partial charge >= 0.3 is 5.97 Å². The molecular formula is C21H25NO3. The number of carbonyl (C=O) groups is 2. The number of carboxylic acid groups (broad SMARTS) is 1. The van der Waals surface area contributed by atoms with Crippen molar-refractivity contribution < 1.29 is 14.7 Å². The van der Waals surface area contributed by atoms with Gasteiger partial charge in [0.2, 0.25) is 5.91 Å². The summed E-state index contributed by atoms with van der Waals surface area (Å²) in [6.07, 6.45) is 1.43. The molecule has 2 rings (SSSR count). The summed E-state index contributed by atoms with van der Waals surface area (Å²) in [5, 5.41) is 12.1. The van der Waals surface area contributed by atoms with Gasteiger partial charge in [-0.2, -0.15) is 0 Å². The van der Waals surface area contributed by atoms with Crippen molar-refractivity contribution in [3.8, 4) is 0 Å². The van der Waals surface area contributed by atoms with E-state index in [9.17, 15) is 14.7 Å². The number of aliphatic carboxylic acids is 1. The summed E-state index contributed by atoms with van der Waals surface area (Å²) >= 11 is 0. The van der Waals surface area contributed by atoms with Gasteiger partial charge in [0, 0.05) is 13.0 Å². The van der Waals surface area contributed by atoms with Gasteiger partial charge < -0.3 is 10.4 Å². The molecule has 0 spiro atoms. The molecule has 4 heteroatoms. The minimum absolute atomic E-state index is 0.113. The maximum absolute atomic E-state index is 12.1. The van der Waals surface area contributed by atoms with Crippen molar-refractivity contribution in [3.05, 3.63) is 70.8 Å². The third-order valence-electron chi connectivity index (χ3n) is 4.14. The number of benzene rings is 2. The molecule has 0 aliphatic heterocycles. The number of aryl methyl sites for hydroxylation is 3. The lowest BCUT2D eigenvalue weighted by Crippen LogP contribution is -2.34. The van der Waals surface area contributed by atoms with Crippen molar-refractivity contribution in [2.75, 3.05) is 6.54 Å². The normalized spacial score (nSPS) is 11.8. The van der Waals surface area contributed by atoms with Crippen molar-refractivity contribution in [2.24, 2.45) is 5.92 Å². The molecule has 0 aliphatic rings. The molecule has 1 amide bonds. The van der Waals surface area contributed by atoms with Gasteiger partial charge in [-0.15, -0.1) is 0 Å². The summed E-state index contributed by atoms with van der Waals surface area (Å²) < 4.78 is 0. The minimum Gasteiger partial charge on any atom is -0.481 e. The molecule has 0 saturated heterocycles. The summed E-state index contributed by atoms with van der Waals surface area (Å²) in [5.74, 6) is -1.62. The Morgan fingerprint density at radius 2 is 1.64 bits per heavy atom. The van der Waals surface area contributed by atoms with Crippen LogP contribution in [0.2, 0.25) is 0 Å². The lowest BCUT2D eigenvalue weighted by atomic mass is 9.99. The second kappa shape index (κ2) is 9.02. The average molecular weight is 339 g/mol. The number of hydrogen-bond acceptors (Lipinski definition) is 2. The van der Waals surface area contributed by atoms with Gasteiger partial charge in [-0.3, -0.25) is 9.59 Å². The second-order valence-electron chi connectivity index (χ2n) is 6.52. The molecule has 2 N–H and O–H groups in total. The molecule has 0 saturated carbocycles. The summed E-state index contributed by atoms with van der Waals surface area (Å²) in [7, 11) is 0. The fourth-order valence-corrected chi connectivity index (χ4v) is 2.94. The van der Waals surface area contributed by atoms with E-state index in [0.717, 1.165) is 11.1 Å². The number of hydrogen-bond donors (Lipinski definition) is 2. The van der Waals surface area contributed by atoms with Crippen LogP contribution >= 0.6 is 0 Å². The van der Waals surface area contributed by atoms with Gasteiger partial charge in [-0.1, -0.05) is 59.7 Å². The van der Waals surface area contributed by atoms with Gasteiger partial charge in [0.15, 0.2) is 0 Å². The quantitative estimate of drug-likeness (QED) is 0.775. The van der Waals surface area contributed by atoms with Crippen molar-refractivity contribution >= 4 is 11.9 Å². The molecule has 0 aromatic heterocycles. The molecule has 25 heavy (non-hydrogen) atoms. The summed E-state index contributed by atoms with van der Waals surface area (Å²) in [4.78, 5) is 23.5. The lowest BCUT2D eigenvalue weighted by molar-refractivity contribution is -0.141. The molecule has 0 bridgehead atoms. The van der Waals surface area contributed by atoms with Crippen molar-refractivity contribution in [1.82, 2.24) is 5.32 Å². The van der Waals surface area contributed by atoms with E-state index in [-0.39, 0.29) is 12.5 Å². The lowest BCUT2D eigenvalue weighted by Gasteiger charge is -2.14. The van der Waals surface area contributed by atoms with Crippen LogP contribution in [0.4, 0.5) is 0 Å². The van der Waals surface area contributed by atoms with Crippen molar-refractivity contribution in [2.45, 2.75) is 33.1 Å². The highest BCUT2D eigenvalue weighted by molar-refractivity contribution is 5.77. The van der Waals surface area contributed by atoms with Crippen LogP contribution in [0.15, 0.2) is 48.5 Å². The number of carboxylic acids is 1. The number of carbonyl (C=O) groups excluding carboxylic acids is 1. The molecule has 0 heterocycles. The summed E-state index contributed by atoms with van der Waals surface area (Å²) in [5.41, 5.74) is 4.46. The highest BCUT2D eigenvalue weighted by atomic mass is 16.4. The van der Waals surface area contributed by atoms with E-state index >= 15 is 0 Å². The number of nitrogens with one attached hydrogen (secondary N) is 1. The molecule has 1 atom stereocenters. The van der Waals surface area contributed by atoms with Crippen LogP contribution < -0.4 is 5.32 Å². The Morgan fingerprint density at radius 1 is 1.00 bits per heavy atom. The molecule has 0 fully saturated rings. The Morgan fingerprint density at radius 3 is 2.24 bits per heavy atom. The molecule has 0 radical (unpaired) electrons. The van der Waals surface area contributed by atoms with Crippen LogP contribution in [0.1, 0.15) is 28.7 Å². The van der Waals surface area contributed by atoms with Gasteiger partial charge in [-0.25, -0.2) is 0 Å². The smallest absolute Gasteiger partial charge is 0.308 e. The van der Waals surface area contributed by atoms with Crippen LogP contribution in [0.3, 0.4) is 0 Å². The monoisotopic (exact) mass is 339 g/mol. The topological polar surface area (TPSA) is 66.4 Å². The highest BCUT2D eigenvalue weighted by Crippen LogP contribution is 2.11. The Balaban J connectivity index is 1.83. The first kappa shape index (κ1) is 18.7. The molecule has 4 nitrogen and oxygen atoms in total. The summed E-state index contributed by atoms with van der Waals surface area (Å²) in [6.45, 7) is 4.23. The van der Waals surface area contributed by atoms with E-state index in [0.29, 0.717) is 19.3 Å². The van der Waals surface area contributed by atoms with Crippen LogP contribution in [0, 0.1) is 19.8 Å². The average Bonchev–Trinajstić information content (AvgIpc) is 2.56. The largest absolute Gasteiger partial charge is 0.481 e. The molecule has 1 unspecified atom stereocenters. The van der Waals surface area contributed by atoms with E-state index in [1.54, 1.807) is 0 Å². The second-order valence-corrected chi connectivity index (χ2v) is 6.52. The highest BCUT2D eigenvalue weighted by Gasteiger charge is 2.18. The van der Waals surface area contributed by atoms with Crippen LogP contribution in [-0.2, 0) is 22.4 Å². The first-order chi connectivity index (χ1) is 11.9. The van der Waals surface area contributed by atoms with E-state index in [4.69, 9.17) is 0 Å². The Hall–Kier alpha value is -2.62. The molecule has 0 aliphatic carbocycles. The first-order valence-electron chi connectivity index (χ1n) is 8.54. The Bertz CT molecular complexity index is 705. The zero-order valence-corrected chi connectivity index (χ0v) is 14.8. The molecule has 132 valence electrons. The number of rotatable bonds is 8. The Kier molecular flexibility index (Phi) is 6.75. The molecular weight excluding hydrogens is 314 g/mol. The Labute approximate surface area is 148 Å². The number of amides is 1. The van der Waals surface area contributed by atoms with Crippen molar-refractivity contribution in [1.29, 1.82) is 0 Å². The summed E-state index contributed by atoms with van der Waals surface area (Å²) in [6, 6.07) is 15.7. The minimum atomic E-state index is -0.890. The standard InChI is InChI=1S/C21H25NO3/c1-15-10-16(2)12-18(11-15)8-9-20(23)22-14-19(21(24)25)13-17-6-4-3-5-7-17/h3-7,10-12,19H,8-9,13-14H2,1-2H3,(H,22,23)(H,24,25). The predicted molar refractivity (Wildman–Crippen MR) is 98.5 cm³/mol. The zero-order chi connectivity index (χ0) is 18.2. The molecule has 2 aromatic rings. The van der Waals surface area contributed by atoms with Gasteiger partial charge in [0.1, 0.15) is 0 Å². The van der Waals surface area contributed by atoms with E-state index < -0.39 is 11.9 Å². The predicted octanol–water partition coefficient (Wildman–Crippen LogP) is 3.30. The third kappa shape index (κ3) is 6.42. The van der Waals surface area contributed by atoms with E-state index in [1.807, 2.05) is 44.2 Å². The third-order valence-corrected chi connectivity index (χ3v) is 4.14. The maximum Gasteiger partial charge on any atom is 0.308 e. The van der Waals surface area contributed by atoms with Gasteiger partial charge in [-0.05, 0) is 37.8 Å². The van der Waals surface area contributed by atoms with Gasteiger partial charge in [0.05, 0.1) is 5.92 Å². The SMILES string of the molecule is Cc1cc(C)cc(CCC(=O)NCC(Cc2ccccc2)C(=O)O)c1. The fraction of sp³-hybridized carbons (Fsp3) is 0.333. The van der Waals surface area contributed by atoms with Gasteiger partial charge in [0.25, 0.3) is 0 Å². The maximum atomic E-state index is 12.1. The fourth-order valence-electron chi connectivity index (χ4n) is 2.94. The van der Waals surface area contributed by atoms with E-state index in [1.165, 1.54) is 11.1 Å². The van der Waals surface area contributed by atoms with Crippen LogP contribution in [0.25, 0.3) is 0 Å². The first-order valence-corrected chi connectivity index (χ1v) is 8.54. The van der Waals surface area contributed by atoms with E-state index in [2.05, 4.69) is 23.5 Å². The van der Waals surface area contributed by atoms with Crippen LogP contribution in [0.5, 0.6) is 0 Å². The molecule has 2 aromatic carbocycles. The zero-order valence-electron chi connectivity index (χ0n) is 14.8.